The number of rotatable bonds is 4. The highest BCUT2D eigenvalue weighted by Crippen LogP contribution is 2.38. The summed E-state index contributed by atoms with van der Waals surface area (Å²) in [4.78, 5) is 0. The van der Waals surface area contributed by atoms with Crippen LogP contribution in [0.3, 0.4) is 0 Å². The minimum Gasteiger partial charge on any atom is -0.311 e. The van der Waals surface area contributed by atoms with Crippen molar-refractivity contribution in [2.45, 2.75) is 68.7 Å². The largest absolute Gasteiger partial charge is 0.311 e. The molecule has 110 valence electrons. The lowest BCUT2D eigenvalue weighted by atomic mass is 9.75. The summed E-state index contributed by atoms with van der Waals surface area (Å²) in [7, 11) is 0. The van der Waals surface area contributed by atoms with Gasteiger partial charge in [-0.2, -0.15) is 11.8 Å². The molecule has 0 saturated heterocycles. The van der Waals surface area contributed by atoms with Crippen molar-refractivity contribution < 1.29 is 0 Å². The Bertz CT molecular complexity index is 431. The Morgan fingerprint density at radius 1 is 1.05 bits per heavy atom. The Morgan fingerprint density at radius 2 is 1.80 bits per heavy atom. The lowest BCUT2D eigenvalue weighted by Gasteiger charge is -2.40. The van der Waals surface area contributed by atoms with Gasteiger partial charge in [0.05, 0.1) is 0 Å². The van der Waals surface area contributed by atoms with Gasteiger partial charge in [0, 0.05) is 17.3 Å². The van der Waals surface area contributed by atoms with E-state index in [1.54, 1.807) is 5.56 Å². The number of nitrogens with one attached hydrogen (secondary N) is 1. The lowest BCUT2D eigenvalue weighted by molar-refractivity contribution is 0.240. The summed E-state index contributed by atoms with van der Waals surface area (Å²) in [6.45, 7) is 2.20. The van der Waals surface area contributed by atoms with Crippen molar-refractivity contribution in [2.75, 3.05) is 6.26 Å². The fraction of sp³-hybridized carbons (Fsp3) is 0.667. The smallest absolute Gasteiger partial charge is 0.00813 e. The summed E-state index contributed by atoms with van der Waals surface area (Å²) < 4.78 is 0. The summed E-state index contributed by atoms with van der Waals surface area (Å²) in [5.41, 5.74) is 2.95. The van der Waals surface area contributed by atoms with Crippen LogP contribution in [0.15, 0.2) is 24.3 Å². The van der Waals surface area contributed by atoms with E-state index in [1.807, 2.05) is 0 Å². The van der Waals surface area contributed by atoms with Gasteiger partial charge in [-0.05, 0) is 63.2 Å². The molecule has 0 radical (unpaired) electrons. The van der Waals surface area contributed by atoms with Gasteiger partial charge in [-0.25, -0.2) is 0 Å². The van der Waals surface area contributed by atoms with Crippen LogP contribution in [-0.4, -0.2) is 23.6 Å². The minimum absolute atomic E-state index is 0.774. The second-order valence-corrected chi connectivity index (χ2v) is 7.79. The normalized spacial score (nSPS) is 33.7. The molecular formula is C18H27NS. The first-order valence-corrected chi connectivity index (χ1v) is 9.39. The monoisotopic (exact) mass is 289 g/mol. The average Bonchev–Trinajstić information content (AvgIpc) is 2.43. The van der Waals surface area contributed by atoms with Crippen LogP contribution < -0.4 is 5.32 Å². The van der Waals surface area contributed by atoms with Crippen molar-refractivity contribution in [3.63, 3.8) is 0 Å². The van der Waals surface area contributed by atoms with Crippen molar-refractivity contribution in [3.8, 4) is 0 Å². The molecule has 20 heavy (non-hydrogen) atoms. The lowest BCUT2D eigenvalue weighted by Crippen LogP contribution is -2.46. The molecule has 0 aromatic heterocycles. The average molecular weight is 289 g/mol. The second-order valence-electron chi connectivity index (χ2n) is 6.66. The zero-order valence-corrected chi connectivity index (χ0v) is 13.6. The van der Waals surface area contributed by atoms with E-state index in [4.69, 9.17) is 0 Å². The summed E-state index contributed by atoms with van der Waals surface area (Å²) >= 11 is 2.06. The molecule has 0 unspecified atom stereocenters. The third-order valence-electron chi connectivity index (χ3n) is 5.13. The summed E-state index contributed by atoms with van der Waals surface area (Å²) in [6, 6.07) is 10.6. The van der Waals surface area contributed by atoms with Crippen LogP contribution in [0.5, 0.6) is 0 Å². The Morgan fingerprint density at radius 3 is 2.45 bits per heavy atom. The van der Waals surface area contributed by atoms with E-state index in [0.29, 0.717) is 0 Å². The van der Waals surface area contributed by atoms with Gasteiger partial charge in [0.2, 0.25) is 0 Å². The molecule has 0 aliphatic heterocycles. The molecule has 2 fully saturated rings. The first kappa shape index (κ1) is 14.5. The predicted octanol–water partition coefficient (Wildman–Crippen LogP) is 4.50. The molecule has 0 spiro atoms. The molecule has 0 heterocycles. The standard InChI is InChI=1S/C18H27NS/c1-13-4-3-5-14(10-13)15-11-17(12-15)19-16-6-8-18(20-2)9-7-16/h3-5,10,15-19H,6-9,11-12H2,1-2H3. The molecule has 0 bridgehead atoms. The highest BCUT2D eigenvalue weighted by atomic mass is 32.2. The van der Waals surface area contributed by atoms with Crippen LogP contribution in [0.2, 0.25) is 0 Å². The Kier molecular flexibility index (Phi) is 4.72. The minimum atomic E-state index is 0.774. The third-order valence-corrected chi connectivity index (χ3v) is 6.27. The van der Waals surface area contributed by atoms with Gasteiger partial charge in [0.25, 0.3) is 0 Å². The van der Waals surface area contributed by atoms with E-state index in [-0.39, 0.29) is 0 Å². The summed E-state index contributed by atoms with van der Waals surface area (Å²) in [5.74, 6) is 0.801. The van der Waals surface area contributed by atoms with Gasteiger partial charge < -0.3 is 5.32 Å². The highest BCUT2D eigenvalue weighted by molar-refractivity contribution is 7.99. The van der Waals surface area contributed by atoms with Crippen molar-refractivity contribution in [1.82, 2.24) is 5.32 Å². The van der Waals surface area contributed by atoms with Gasteiger partial charge in [-0.1, -0.05) is 29.8 Å². The van der Waals surface area contributed by atoms with Crippen molar-refractivity contribution in [1.29, 1.82) is 0 Å². The molecule has 2 aliphatic carbocycles. The number of benzene rings is 1. The van der Waals surface area contributed by atoms with Gasteiger partial charge in [-0.15, -0.1) is 0 Å². The SMILES string of the molecule is CSC1CCC(NC2CC(c3cccc(C)c3)C2)CC1. The molecule has 3 rings (SSSR count). The maximum absolute atomic E-state index is 3.91. The molecule has 2 heteroatoms. The van der Waals surface area contributed by atoms with Gasteiger partial charge in [-0.3, -0.25) is 0 Å². The Hall–Kier alpha value is -0.470. The highest BCUT2D eigenvalue weighted by Gasteiger charge is 2.32. The Labute approximate surface area is 127 Å². The summed E-state index contributed by atoms with van der Waals surface area (Å²) in [6.07, 6.45) is 10.5. The molecule has 1 N–H and O–H groups in total. The maximum atomic E-state index is 3.91. The fourth-order valence-corrected chi connectivity index (χ4v) is 4.49. The van der Waals surface area contributed by atoms with E-state index >= 15 is 0 Å². The summed E-state index contributed by atoms with van der Waals surface area (Å²) in [5, 5.41) is 4.83. The van der Waals surface area contributed by atoms with E-state index in [0.717, 1.165) is 23.3 Å². The molecule has 0 amide bonds. The van der Waals surface area contributed by atoms with E-state index in [9.17, 15) is 0 Å². The van der Waals surface area contributed by atoms with Gasteiger partial charge in [0.15, 0.2) is 0 Å². The molecule has 2 saturated carbocycles. The Balaban J connectivity index is 1.42. The number of hydrogen-bond donors (Lipinski definition) is 1. The van der Waals surface area contributed by atoms with Crippen molar-refractivity contribution >= 4 is 11.8 Å². The van der Waals surface area contributed by atoms with Crippen LogP contribution >= 0.6 is 11.8 Å². The van der Waals surface area contributed by atoms with E-state index in [1.165, 1.54) is 44.1 Å². The van der Waals surface area contributed by atoms with Crippen LogP contribution in [-0.2, 0) is 0 Å². The topological polar surface area (TPSA) is 12.0 Å². The second kappa shape index (κ2) is 6.53. The zero-order valence-electron chi connectivity index (χ0n) is 12.8. The van der Waals surface area contributed by atoms with Crippen molar-refractivity contribution in [2.24, 2.45) is 0 Å². The molecule has 1 aromatic carbocycles. The zero-order chi connectivity index (χ0) is 13.9. The first-order chi connectivity index (χ1) is 9.74. The third kappa shape index (κ3) is 3.40. The van der Waals surface area contributed by atoms with Crippen LogP contribution in [0, 0.1) is 6.92 Å². The quantitative estimate of drug-likeness (QED) is 0.875. The van der Waals surface area contributed by atoms with Gasteiger partial charge >= 0.3 is 0 Å². The molecule has 2 aliphatic rings. The maximum Gasteiger partial charge on any atom is 0.00813 e. The molecule has 0 atom stereocenters. The van der Waals surface area contributed by atoms with Crippen LogP contribution in [0.4, 0.5) is 0 Å². The molecule has 1 nitrogen and oxygen atoms in total. The van der Waals surface area contributed by atoms with E-state index in [2.05, 4.69) is 54.5 Å². The molecule has 1 aromatic rings. The van der Waals surface area contributed by atoms with Gasteiger partial charge in [0.1, 0.15) is 0 Å². The fourth-order valence-electron chi connectivity index (χ4n) is 3.75. The molecular weight excluding hydrogens is 262 g/mol. The van der Waals surface area contributed by atoms with Crippen LogP contribution in [0.25, 0.3) is 0 Å². The van der Waals surface area contributed by atoms with E-state index < -0.39 is 0 Å². The van der Waals surface area contributed by atoms with Crippen molar-refractivity contribution in [3.05, 3.63) is 35.4 Å². The van der Waals surface area contributed by atoms with Crippen LogP contribution in [0.1, 0.15) is 55.6 Å². The first-order valence-electron chi connectivity index (χ1n) is 8.10. The predicted molar refractivity (Wildman–Crippen MR) is 89.6 cm³/mol. The number of thioether (sulfide) groups is 1. The number of hydrogen-bond acceptors (Lipinski definition) is 2. The number of aryl methyl sites for hydroxylation is 1.